The molecule has 0 spiro atoms. The molecule has 0 saturated heterocycles. The van der Waals surface area contributed by atoms with Gasteiger partial charge < -0.3 is 4.40 Å². The number of alkyl halides is 3. The number of nitrogens with zero attached hydrogens (tertiary/aromatic N) is 3. The van der Waals surface area contributed by atoms with Gasteiger partial charge in [0.1, 0.15) is 5.65 Å². The van der Waals surface area contributed by atoms with Gasteiger partial charge in [-0.2, -0.15) is 13.2 Å². The van der Waals surface area contributed by atoms with Crippen LogP contribution in [0.3, 0.4) is 0 Å². The number of nitro groups is 1. The monoisotopic (exact) mass is 307 g/mol. The summed E-state index contributed by atoms with van der Waals surface area (Å²) in [6, 6.07) is 7.72. The van der Waals surface area contributed by atoms with E-state index in [4.69, 9.17) is 0 Å². The van der Waals surface area contributed by atoms with E-state index in [1.165, 1.54) is 47.1 Å². The lowest BCUT2D eigenvalue weighted by Crippen LogP contribution is -2.07. The number of hydrogen-bond donors (Lipinski definition) is 0. The van der Waals surface area contributed by atoms with Gasteiger partial charge in [0.2, 0.25) is 0 Å². The average Bonchev–Trinajstić information content (AvgIpc) is 2.90. The summed E-state index contributed by atoms with van der Waals surface area (Å²) in [7, 11) is 0. The van der Waals surface area contributed by atoms with Crippen molar-refractivity contribution in [2.24, 2.45) is 0 Å². The molecule has 0 N–H and O–H groups in total. The molecule has 2 aromatic heterocycles. The number of imidazole rings is 1. The van der Waals surface area contributed by atoms with Crippen LogP contribution in [0, 0.1) is 10.1 Å². The Hall–Kier alpha value is -2.90. The van der Waals surface area contributed by atoms with E-state index in [2.05, 4.69) is 4.98 Å². The highest BCUT2D eigenvalue weighted by Gasteiger charge is 2.33. The van der Waals surface area contributed by atoms with Gasteiger partial charge in [0.15, 0.2) is 0 Å². The third-order valence-electron chi connectivity index (χ3n) is 3.16. The number of pyridine rings is 1. The third kappa shape index (κ3) is 2.39. The minimum absolute atomic E-state index is 0.0940. The SMILES string of the molecule is O=[N+]([O-])c1ccc(-c2cn3cccc(C(F)(F)F)c3n2)cc1. The van der Waals surface area contributed by atoms with Crippen molar-refractivity contribution in [3.05, 3.63) is 64.5 Å². The van der Waals surface area contributed by atoms with Crippen LogP contribution < -0.4 is 0 Å². The molecule has 0 saturated carbocycles. The van der Waals surface area contributed by atoms with Gasteiger partial charge in [-0.1, -0.05) is 0 Å². The molecule has 5 nitrogen and oxygen atoms in total. The number of benzene rings is 1. The summed E-state index contributed by atoms with van der Waals surface area (Å²) < 4.78 is 40.1. The maximum atomic E-state index is 12.9. The predicted octanol–water partition coefficient (Wildman–Crippen LogP) is 3.93. The number of nitro benzene ring substituents is 1. The van der Waals surface area contributed by atoms with Gasteiger partial charge in [0.25, 0.3) is 5.69 Å². The van der Waals surface area contributed by atoms with E-state index in [9.17, 15) is 23.3 Å². The van der Waals surface area contributed by atoms with E-state index in [-0.39, 0.29) is 11.3 Å². The van der Waals surface area contributed by atoms with Crippen LogP contribution in [0.15, 0.2) is 48.8 Å². The van der Waals surface area contributed by atoms with Gasteiger partial charge in [-0.05, 0) is 24.3 Å². The van der Waals surface area contributed by atoms with Crippen LogP contribution in [0.5, 0.6) is 0 Å². The Kier molecular flexibility index (Phi) is 3.09. The Balaban J connectivity index is 2.11. The van der Waals surface area contributed by atoms with E-state index in [1.807, 2.05) is 0 Å². The van der Waals surface area contributed by atoms with Crippen LogP contribution >= 0.6 is 0 Å². The van der Waals surface area contributed by atoms with Gasteiger partial charge in [-0.3, -0.25) is 10.1 Å². The standard InChI is InChI=1S/C14H8F3N3O2/c15-14(16,17)11-2-1-7-19-8-12(18-13(11)19)9-3-5-10(6-4-9)20(21)22/h1-8H. The fraction of sp³-hybridized carbons (Fsp3) is 0.0714. The molecule has 0 unspecified atom stereocenters. The second-order valence-electron chi connectivity index (χ2n) is 4.58. The molecular weight excluding hydrogens is 299 g/mol. The Bertz CT molecular complexity index is 854. The number of rotatable bonds is 2. The maximum absolute atomic E-state index is 12.9. The van der Waals surface area contributed by atoms with E-state index in [1.54, 1.807) is 0 Å². The van der Waals surface area contributed by atoms with Crippen molar-refractivity contribution < 1.29 is 18.1 Å². The summed E-state index contributed by atoms with van der Waals surface area (Å²) in [5, 5.41) is 10.6. The quantitative estimate of drug-likeness (QED) is 0.532. The fourth-order valence-electron chi connectivity index (χ4n) is 2.13. The van der Waals surface area contributed by atoms with Crippen LogP contribution in [0.2, 0.25) is 0 Å². The zero-order valence-electron chi connectivity index (χ0n) is 10.9. The Morgan fingerprint density at radius 1 is 1.14 bits per heavy atom. The highest BCUT2D eigenvalue weighted by atomic mass is 19.4. The first-order valence-corrected chi connectivity index (χ1v) is 6.16. The predicted molar refractivity (Wildman–Crippen MR) is 72.3 cm³/mol. The van der Waals surface area contributed by atoms with Crippen molar-refractivity contribution in [3.63, 3.8) is 0 Å². The second-order valence-corrected chi connectivity index (χ2v) is 4.58. The van der Waals surface area contributed by atoms with E-state index >= 15 is 0 Å². The van der Waals surface area contributed by atoms with Gasteiger partial charge in [0, 0.05) is 30.1 Å². The van der Waals surface area contributed by atoms with Crippen molar-refractivity contribution in [1.29, 1.82) is 0 Å². The summed E-state index contributed by atoms with van der Waals surface area (Å²) in [5.74, 6) is 0. The molecule has 0 aliphatic rings. The molecule has 112 valence electrons. The van der Waals surface area contributed by atoms with Crippen LogP contribution in [-0.4, -0.2) is 14.3 Å². The summed E-state index contributed by atoms with van der Waals surface area (Å²) >= 11 is 0. The van der Waals surface area contributed by atoms with E-state index in [0.717, 1.165) is 6.07 Å². The molecule has 22 heavy (non-hydrogen) atoms. The van der Waals surface area contributed by atoms with Crippen LogP contribution in [-0.2, 0) is 6.18 Å². The number of fused-ring (bicyclic) bond motifs is 1. The molecule has 0 atom stereocenters. The molecule has 0 radical (unpaired) electrons. The van der Waals surface area contributed by atoms with Crippen LogP contribution in [0.1, 0.15) is 5.56 Å². The lowest BCUT2D eigenvalue weighted by molar-refractivity contribution is -0.384. The number of non-ortho nitro benzene ring substituents is 1. The first-order valence-electron chi connectivity index (χ1n) is 6.16. The topological polar surface area (TPSA) is 60.4 Å². The zero-order chi connectivity index (χ0) is 15.9. The van der Waals surface area contributed by atoms with Gasteiger partial charge >= 0.3 is 6.18 Å². The molecule has 1 aromatic carbocycles. The average molecular weight is 307 g/mol. The normalized spacial score (nSPS) is 11.8. The number of halogens is 3. The minimum atomic E-state index is -4.50. The largest absolute Gasteiger partial charge is 0.419 e. The van der Waals surface area contributed by atoms with E-state index < -0.39 is 16.7 Å². The summed E-state index contributed by atoms with van der Waals surface area (Å²) in [4.78, 5) is 14.1. The zero-order valence-corrected chi connectivity index (χ0v) is 10.9. The van der Waals surface area contributed by atoms with Gasteiger partial charge in [-0.15, -0.1) is 0 Å². The van der Waals surface area contributed by atoms with Crippen molar-refractivity contribution >= 4 is 11.3 Å². The Labute approximate surface area is 121 Å². The third-order valence-corrected chi connectivity index (χ3v) is 3.16. The van der Waals surface area contributed by atoms with E-state index in [0.29, 0.717) is 11.3 Å². The number of aromatic nitrogens is 2. The molecule has 0 bridgehead atoms. The fourth-order valence-corrected chi connectivity index (χ4v) is 2.13. The van der Waals surface area contributed by atoms with Crippen molar-refractivity contribution in [3.8, 4) is 11.3 Å². The lowest BCUT2D eigenvalue weighted by Gasteiger charge is -2.06. The van der Waals surface area contributed by atoms with Crippen LogP contribution in [0.25, 0.3) is 16.9 Å². The lowest BCUT2D eigenvalue weighted by atomic mass is 10.1. The molecule has 8 heteroatoms. The summed E-state index contributed by atoms with van der Waals surface area (Å²) in [6.45, 7) is 0. The second kappa shape index (κ2) is 4.83. The molecule has 0 fully saturated rings. The molecular formula is C14H8F3N3O2. The smallest absolute Gasteiger partial charge is 0.306 e. The molecule has 0 aliphatic carbocycles. The Morgan fingerprint density at radius 2 is 1.82 bits per heavy atom. The Morgan fingerprint density at radius 3 is 2.41 bits per heavy atom. The highest BCUT2D eigenvalue weighted by Crippen LogP contribution is 2.33. The van der Waals surface area contributed by atoms with Crippen molar-refractivity contribution in [2.45, 2.75) is 6.18 Å². The first kappa shape index (κ1) is 14.1. The molecule has 0 aliphatic heterocycles. The summed E-state index contributed by atoms with van der Waals surface area (Å²) in [5.41, 5.74) is -0.316. The van der Waals surface area contributed by atoms with Gasteiger partial charge in [-0.25, -0.2) is 4.98 Å². The number of hydrogen-bond acceptors (Lipinski definition) is 3. The summed E-state index contributed by atoms with van der Waals surface area (Å²) in [6.07, 6.45) is -1.58. The minimum Gasteiger partial charge on any atom is -0.306 e. The highest BCUT2D eigenvalue weighted by molar-refractivity contribution is 5.65. The molecule has 3 aromatic rings. The molecule has 0 amide bonds. The molecule has 3 rings (SSSR count). The van der Waals surface area contributed by atoms with Crippen molar-refractivity contribution in [2.75, 3.05) is 0 Å². The van der Waals surface area contributed by atoms with Crippen molar-refractivity contribution in [1.82, 2.24) is 9.38 Å². The first-order chi connectivity index (χ1) is 10.4. The van der Waals surface area contributed by atoms with Gasteiger partial charge in [0.05, 0.1) is 16.2 Å². The molecule has 2 heterocycles. The van der Waals surface area contributed by atoms with Crippen LogP contribution in [0.4, 0.5) is 18.9 Å². The maximum Gasteiger partial charge on any atom is 0.419 e.